The molecule has 1 aliphatic rings. The minimum absolute atomic E-state index is 0.336. The van der Waals surface area contributed by atoms with Gasteiger partial charge in [-0.15, -0.1) is 0 Å². The standard InChI is InChI=1S/C16H18N2O3S/c19-22(20)12-21-16-11-14(8-9-15(16)18-22)17-10-4-7-13-5-2-1-3-6-13/h1-3,5-6,8-9,11,17-18H,4,7,10,12H2. The lowest BCUT2D eigenvalue weighted by Crippen LogP contribution is -2.25. The van der Waals surface area contributed by atoms with Gasteiger partial charge < -0.3 is 10.1 Å². The van der Waals surface area contributed by atoms with Crippen molar-refractivity contribution in [2.45, 2.75) is 12.8 Å². The van der Waals surface area contributed by atoms with Gasteiger partial charge in [0.2, 0.25) is 5.94 Å². The van der Waals surface area contributed by atoms with Gasteiger partial charge in [-0.2, -0.15) is 0 Å². The molecule has 0 aromatic heterocycles. The van der Waals surface area contributed by atoms with Crippen LogP contribution in [-0.2, 0) is 16.4 Å². The molecule has 0 saturated carbocycles. The van der Waals surface area contributed by atoms with E-state index in [0.717, 1.165) is 25.1 Å². The molecule has 116 valence electrons. The fourth-order valence-corrected chi connectivity index (χ4v) is 3.19. The minimum atomic E-state index is -3.35. The molecule has 22 heavy (non-hydrogen) atoms. The Kier molecular flexibility index (Phi) is 4.20. The summed E-state index contributed by atoms with van der Waals surface area (Å²) in [6, 6.07) is 15.7. The van der Waals surface area contributed by atoms with Crippen molar-refractivity contribution in [3.05, 3.63) is 54.1 Å². The molecule has 1 aliphatic heterocycles. The van der Waals surface area contributed by atoms with Crippen LogP contribution in [0, 0.1) is 0 Å². The first-order chi connectivity index (χ1) is 10.6. The highest BCUT2D eigenvalue weighted by molar-refractivity contribution is 7.92. The second-order valence-electron chi connectivity index (χ2n) is 5.21. The van der Waals surface area contributed by atoms with Gasteiger partial charge >= 0.3 is 0 Å². The molecule has 2 aromatic carbocycles. The van der Waals surface area contributed by atoms with Crippen LogP contribution in [-0.4, -0.2) is 20.9 Å². The predicted molar refractivity (Wildman–Crippen MR) is 87.7 cm³/mol. The average Bonchev–Trinajstić information content (AvgIpc) is 2.52. The monoisotopic (exact) mass is 318 g/mol. The van der Waals surface area contributed by atoms with Crippen molar-refractivity contribution in [1.82, 2.24) is 0 Å². The molecule has 3 rings (SSSR count). The lowest BCUT2D eigenvalue weighted by Gasteiger charge is -2.20. The first-order valence-corrected chi connectivity index (χ1v) is 8.83. The Hall–Kier alpha value is -2.21. The van der Waals surface area contributed by atoms with Crippen molar-refractivity contribution in [3.8, 4) is 5.75 Å². The van der Waals surface area contributed by atoms with E-state index in [0.29, 0.717) is 11.4 Å². The normalized spacial score (nSPS) is 15.3. The highest BCUT2D eigenvalue weighted by atomic mass is 32.2. The van der Waals surface area contributed by atoms with E-state index in [9.17, 15) is 8.42 Å². The maximum absolute atomic E-state index is 11.4. The van der Waals surface area contributed by atoms with Crippen molar-refractivity contribution < 1.29 is 13.2 Å². The average molecular weight is 318 g/mol. The lowest BCUT2D eigenvalue weighted by molar-refractivity contribution is 0.374. The summed E-state index contributed by atoms with van der Waals surface area (Å²) in [6.45, 7) is 0.847. The molecule has 1 heterocycles. The van der Waals surface area contributed by atoms with E-state index in [-0.39, 0.29) is 5.94 Å². The Morgan fingerprint density at radius 1 is 1.14 bits per heavy atom. The molecule has 0 atom stereocenters. The molecule has 2 aromatic rings. The number of hydrogen-bond donors (Lipinski definition) is 2. The topological polar surface area (TPSA) is 67.4 Å². The summed E-state index contributed by atoms with van der Waals surface area (Å²) >= 11 is 0. The molecule has 0 saturated heterocycles. The molecule has 5 nitrogen and oxygen atoms in total. The van der Waals surface area contributed by atoms with Gasteiger partial charge in [-0.05, 0) is 30.5 Å². The van der Waals surface area contributed by atoms with Gasteiger partial charge in [-0.3, -0.25) is 4.72 Å². The van der Waals surface area contributed by atoms with E-state index >= 15 is 0 Å². The minimum Gasteiger partial charge on any atom is -0.473 e. The molecule has 0 radical (unpaired) electrons. The molecule has 0 amide bonds. The number of ether oxygens (including phenoxy) is 1. The fraction of sp³-hybridized carbons (Fsp3) is 0.250. The van der Waals surface area contributed by atoms with Crippen LogP contribution in [0.5, 0.6) is 5.75 Å². The summed E-state index contributed by atoms with van der Waals surface area (Å²) < 4.78 is 30.5. The molecule has 0 fully saturated rings. The first-order valence-electron chi connectivity index (χ1n) is 7.17. The lowest BCUT2D eigenvalue weighted by atomic mass is 10.1. The Balaban J connectivity index is 1.54. The number of nitrogens with one attached hydrogen (secondary N) is 2. The molecular weight excluding hydrogens is 300 g/mol. The van der Waals surface area contributed by atoms with Crippen LogP contribution in [0.3, 0.4) is 0 Å². The maximum atomic E-state index is 11.4. The largest absolute Gasteiger partial charge is 0.473 e. The van der Waals surface area contributed by atoms with Crippen LogP contribution in [0.4, 0.5) is 11.4 Å². The number of hydrogen-bond acceptors (Lipinski definition) is 4. The van der Waals surface area contributed by atoms with Crippen LogP contribution in [0.1, 0.15) is 12.0 Å². The van der Waals surface area contributed by atoms with E-state index in [4.69, 9.17) is 4.74 Å². The van der Waals surface area contributed by atoms with Crippen LogP contribution >= 0.6 is 0 Å². The van der Waals surface area contributed by atoms with Gasteiger partial charge in [-0.1, -0.05) is 30.3 Å². The van der Waals surface area contributed by atoms with Gasteiger partial charge in [0.25, 0.3) is 10.0 Å². The summed E-state index contributed by atoms with van der Waals surface area (Å²) in [5.41, 5.74) is 2.74. The number of benzene rings is 2. The zero-order valence-electron chi connectivity index (χ0n) is 12.1. The van der Waals surface area contributed by atoms with Gasteiger partial charge in [0.15, 0.2) is 0 Å². The Morgan fingerprint density at radius 2 is 1.95 bits per heavy atom. The van der Waals surface area contributed by atoms with Crippen LogP contribution in [0.2, 0.25) is 0 Å². The molecule has 0 spiro atoms. The van der Waals surface area contributed by atoms with E-state index in [1.807, 2.05) is 30.3 Å². The molecule has 2 N–H and O–H groups in total. The Bertz CT molecular complexity index is 745. The van der Waals surface area contributed by atoms with Gasteiger partial charge in [0, 0.05) is 18.3 Å². The molecule has 0 bridgehead atoms. The van der Waals surface area contributed by atoms with E-state index in [1.54, 1.807) is 6.07 Å². The third kappa shape index (κ3) is 3.71. The molecule has 6 heteroatoms. The van der Waals surface area contributed by atoms with Crippen molar-refractivity contribution in [2.75, 3.05) is 22.5 Å². The number of fused-ring (bicyclic) bond motifs is 1. The summed E-state index contributed by atoms with van der Waals surface area (Å²) in [5, 5.41) is 3.33. The van der Waals surface area contributed by atoms with Gasteiger partial charge in [0.05, 0.1) is 5.69 Å². The van der Waals surface area contributed by atoms with Crippen molar-refractivity contribution in [1.29, 1.82) is 0 Å². The van der Waals surface area contributed by atoms with E-state index in [2.05, 4.69) is 22.2 Å². The summed E-state index contributed by atoms with van der Waals surface area (Å²) in [6.07, 6.45) is 2.05. The molecular formula is C16H18N2O3S. The number of sulfonamides is 1. The third-order valence-electron chi connectivity index (χ3n) is 3.43. The summed E-state index contributed by atoms with van der Waals surface area (Å²) in [4.78, 5) is 0. The van der Waals surface area contributed by atoms with Crippen molar-refractivity contribution in [2.24, 2.45) is 0 Å². The highest BCUT2D eigenvalue weighted by Crippen LogP contribution is 2.32. The predicted octanol–water partition coefficient (Wildman–Crippen LogP) is 2.82. The van der Waals surface area contributed by atoms with Gasteiger partial charge in [-0.25, -0.2) is 8.42 Å². The van der Waals surface area contributed by atoms with Gasteiger partial charge in [0.1, 0.15) is 5.75 Å². The zero-order valence-corrected chi connectivity index (χ0v) is 12.9. The first kappa shape index (κ1) is 14.7. The van der Waals surface area contributed by atoms with E-state index in [1.165, 1.54) is 5.56 Å². The SMILES string of the molecule is O=S1(=O)COc2cc(NCCCc3ccccc3)ccc2N1. The van der Waals surface area contributed by atoms with Crippen LogP contribution in [0.25, 0.3) is 0 Å². The highest BCUT2D eigenvalue weighted by Gasteiger charge is 2.21. The Labute approximate surface area is 130 Å². The second-order valence-corrected chi connectivity index (χ2v) is 6.88. The number of aryl methyl sites for hydroxylation is 1. The summed E-state index contributed by atoms with van der Waals surface area (Å²) in [5.74, 6) is 0.222. The smallest absolute Gasteiger partial charge is 0.268 e. The number of anilines is 2. The maximum Gasteiger partial charge on any atom is 0.268 e. The Morgan fingerprint density at radius 3 is 2.77 bits per heavy atom. The molecule has 0 unspecified atom stereocenters. The second kappa shape index (κ2) is 6.27. The van der Waals surface area contributed by atoms with Crippen LogP contribution < -0.4 is 14.8 Å². The quantitative estimate of drug-likeness (QED) is 0.832. The van der Waals surface area contributed by atoms with Crippen molar-refractivity contribution in [3.63, 3.8) is 0 Å². The fourth-order valence-electron chi connectivity index (χ4n) is 2.34. The van der Waals surface area contributed by atoms with Crippen molar-refractivity contribution >= 4 is 21.4 Å². The third-order valence-corrected chi connectivity index (χ3v) is 4.39. The van der Waals surface area contributed by atoms with E-state index < -0.39 is 10.0 Å². The van der Waals surface area contributed by atoms with Crippen LogP contribution in [0.15, 0.2) is 48.5 Å². The summed E-state index contributed by atoms with van der Waals surface area (Å²) in [7, 11) is -3.35. The zero-order chi connectivity index (χ0) is 15.4. The molecule has 0 aliphatic carbocycles. The number of rotatable bonds is 5.